The maximum absolute atomic E-state index is 2.39. The van der Waals surface area contributed by atoms with Gasteiger partial charge in [0.05, 0.1) is 23.8 Å². The lowest BCUT2D eigenvalue weighted by atomic mass is 9.12. The summed E-state index contributed by atoms with van der Waals surface area (Å²) in [6.45, 7) is 0. The predicted molar refractivity (Wildman–Crippen MR) is 117 cm³/mol. The first-order valence-electron chi connectivity index (χ1n) is 9.30. The summed E-state index contributed by atoms with van der Waals surface area (Å²) >= 11 is 0. The minimum atomic E-state index is -1.10. The van der Waals surface area contributed by atoms with Gasteiger partial charge in [0.1, 0.15) is 6.15 Å². The molecule has 7 rings (SSSR count). The van der Waals surface area contributed by atoms with E-state index in [2.05, 4.69) is 103 Å². The Kier molecular flexibility index (Phi) is 2.90. The first kappa shape index (κ1) is 14.5. The molecule has 3 aliphatic heterocycles. The molecule has 0 atom stereocenters. The Balaban J connectivity index is 1.87. The molecule has 4 aromatic carbocycles. The summed E-state index contributed by atoms with van der Waals surface area (Å²) in [6.07, 6.45) is -1.10. The fourth-order valence-electron chi connectivity index (χ4n) is 5.53. The summed E-state index contributed by atoms with van der Waals surface area (Å²) in [5.74, 6) is 0. The molecule has 0 aliphatic carbocycles. The molecule has 0 nitrogen and oxygen atoms in total. The second-order valence-corrected chi connectivity index (χ2v) is 9.78. The maximum atomic E-state index is 2.39. The van der Waals surface area contributed by atoms with Crippen LogP contribution in [-0.4, -0.2) is 6.15 Å². The van der Waals surface area contributed by atoms with Crippen molar-refractivity contribution in [1.82, 2.24) is 0 Å². The van der Waals surface area contributed by atoms with E-state index in [0.29, 0.717) is 0 Å². The lowest BCUT2D eigenvalue weighted by Crippen LogP contribution is -2.86. The average molecular weight is 348 g/mol. The van der Waals surface area contributed by atoms with E-state index in [9.17, 15) is 0 Å². The highest BCUT2D eigenvalue weighted by Crippen LogP contribution is 2.38. The Hall–Kier alpha value is -2.63. The van der Waals surface area contributed by atoms with E-state index in [1.807, 2.05) is 0 Å². The van der Waals surface area contributed by atoms with E-state index in [-0.39, 0.29) is 0 Å². The molecule has 0 N–H and O–H groups in total. The van der Waals surface area contributed by atoms with Crippen LogP contribution in [0.3, 0.4) is 0 Å². The Bertz CT molecular complexity index is 1030. The van der Waals surface area contributed by atoms with E-state index in [4.69, 9.17) is 0 Å². The van der Waals surface area contributed by atoms with E-state index in [0.717, 1.165) is 0 Å². The Morgan fingerprint density at radius 1 is 0.423 bits per heavy atom. The predicted octanol–water partition coefficient (Wildman–Crippen LogP) is 1.18. The molecule has 4 aromatic rings. The molecule has 3 heterocycles. The topological polar surface area (TPSA) is 0 Å². The summed E-state index contributed by atoms with van der Waals surface area (Å²) in [5.41, 5.74) is 6.07. The van der Waals surface area contributed by atoms with Gasteiger partial charge in [0.2, 0.25) is 0 Å². The van der Waals surface area contributed by atoms with Gasteiger partial charge in [0, 0.05) is 0 Å². The van der Waals surface area contributed by atoms with Crippen LogP contribution in [0.1, 0.15) is 0 Å². The molecule has 0 spiro atoms. The van der Waals surface area contributed by atoms with E-state index in [1.165, 1.54) is 5.46 Å². The number of rotatable bonds is 1. The highest BCUT2D eigenvalue weighted by atomic mass is 31.1. The van der Waals surface area contributed by atoms with Crippen LogP contribution in [0.25, 0.3) is 0 Å². The summed E-state index contributed by atoms with van der Waals surface area (Å²) < 4.78 is 0. The normalized spacial score (nSPS) is 21.6. The van der Waals surface area contributed by atoms with Gasteiger partial charge in [0.25, 0.3) is 0 Å². The first-order valence-corrected chi connectivity index (χ1v) is 10.8. The van der Waals surface area contributed by atoms with Crippen molar-refractivity contribution in [2.75, 3.05) is 0 Å². The Labute approximate surface area is 155 Å². The van der Waals surface area contributed by atoms with Gasteiger partial charge in [-0.2, -0.15) is 21.9 Å². The highest BCUT2D eigenvalue weighted by Gasteiger charge is 2.51. The molecule has 0 amide bonds. The van der Waals surface area contributed by atoms with Crippen LogP contribution in [0, 0.1) is 0 Å². The van der Waals surface area contributed by atoms with Crippen LogP contribution in [-0.2, 0) is 0 Å². The molecule has 3 aliphatic rings. The van der Waals surface area contributed by atoms with Crippen molar-refractivity contribution < 1.29 is 0 Å². The third-order valence-electron chi connectivity index (χ3n) is 6.39. The van der Waals surface area contributed by atoms with Crippen molar-refractivity contribution in [2.45, 2.75) is 0 Å². The van der Waals surface area contributed by atoms with Crippen molar-refractivity contribution in [1.29, 1.82) is 0 Å². The lowest BCUT2D eigenvalue weighted by molar-refractivity contribution is 1.67. The van der Waals surface area contributed by atoms with E-state index >= 15 is 0 Å². The van der Waals surface area contributed by atoms with Crippen molar-refractivity contribution in [2.24, 2.45) is 0 Å². The maximum Gasteiger partial charge on any atom is 0.122 e. The zero-order valence-electron chi connectivity index (χ0n) is 14.4. The molecule has 0 unspecified atom stereocenters. The second-order valence-electron chi connectivity index (χ2n) is 7.41. The van der Waals surface area contributed by atoms with Crippen LogP contribution in [0.2, 0.25) is 0 Å². The molecule has 122 valence electrons. The molecule has 0 fully saturated rings. The van der Waals surface area contributed by atoms with Crippen molar-refractivity contribution >= 4 is 51.8 Å². The highest BCUT2D eigenvalue weighted by molar-refractivity contribution is 7.83. The van der Waals surface area contributed by atoms with E-state index in [1.54, 1.807) is 32.3 Å². The van der Waals surface area contributed by atoms with Crippen LogP contribution >= 0.6 is 7.92 Å². The minimum absolute atomic E-state index is 0.921. The smallest absolute Gasteiger partial charge is 0.122 e. The summed E-state index contributed by atoms with van der Waals surface area (Å²) in [6, 6.07) is 38.8. The van der Waals surface area contributed by atoms with Crippen LogP contribution in [0.4, 0.5) is 0 Å². The molecular formula is C24H18BP. The molecule has 0 saturated carbocycles. The lowest BCUT2D eigenvalue weighted by Gasteiger charge is -2.53. The van der Waals surface area contributed by atoms with Gasteiger partial charge in [-0.25, -0.2) is 0 Å². The zero-order valence-corrected chi connectivity index (χ0v) is 15.4. The van der Waals surface area contributed by atoms with Gasteiger partial charge >= 0.3 is 0 Å². The van der Waals surface area contributed by atoms with Gasteiger partial charge in [-0.1, -0.05) is 84.9 Å². The first-order chi connectivity index (χ1) is 12.9. The molecule has 2 bridgehead atoms. The van der Waals surface area contributed by atoms with Crippen LogP contribution in [0.15, 0.2) is 103 Å². The summed E-state index contributed by atoms with van der Waals surface area (Å²) in [7, 11) is -0.921. The van der Waals surface area contributed by atoms with Gasteiger partial charge in [-0.3, -0.25) is 0 Å². The summed E-state index contributed by atoms with van der Waals surface area (Å²) in [4.78, 5) is 0. The molecule has 0 aromatic heterocycles. The fourth-order valence-corrected chi connectivity index (χ4v) is 8.95. The van der Waals surface area contributed by atoms with Crippen molar-refractivity contribution in [3.05, 3.63) is 103 Å². The zero-order chi connectivity index (χ0) is 17.1. The van der Waals surface area contributed by atoms with Gasteiger partial charge in [-0.15, -0.1) is 0 Å². The van der Waals surface area contributed by atoms with Crippen molar-refractivity contribution in [3.63, 3.8) is 0 Å². The number of benzene rings is 4. The molecular weight excluding hydrogens is 330 g/mol. The van der Waals surface area contributed by atoms with Crippen molar-refractivity contribution in [3.8, 4) is 0 Å². The fraction of sp³-hybridized carbons (Fsp3) is 0. The quantitative estimate of drug-likeness (QED) is 0.309. The monoisotopic (exact) mass is 348 g/mol. The molecule has 0 radical (unpaired) electrons. The van der Waals surface area contributed by atoms with Crippen LogP contribution in [0.5, 0.6) is 0 Å². The van der Waals surface area contributed by atoms with Crippen LogP contribution < -0.4 is 37.8 Å². The number of hydrogen-bond acceptors (Lipinski definition) is 0. The Morgan fingerprint density at radius 3 is 1.27 bits per heavy atom. The minimum Gasteiger partial charge on any atom is -0.195 e. The second kappa shape index (κ2) is 5.19. The standard InChI is InChI=1S/C24H17BP/c1-2-10-18(11-3-1)25-19-12-4-7-15-22(19)26(23-16-8-5-13-20(23)25)24-17-9-6-14-21(24)25/h1-17H/q-1/p+1. The molecule has 0 saturated heterocycles. The molecule has 26 heavy (non-hydrogen) atoms. The van der Waals surface area contributed by atoms with Gasteiger partial charge in [-0.05, 0) is 18.2 Å². The SMILES string of the molecule is c1ccc([B-]23c4ccccc4[PH+](c4ccccc42)c2ccccc23)cc1. The summed E-state index contributed by atoms with van der Waals surface area (Å²) in [5, 5.41) is 4.75. The Morgan fingerprint density at radius 2 is 0.808 bits per heavy atom. The third kappa shape index (κ3) is 1.60. The largest absolute Gasteiger partial charge is 0.195 e. The van der Waals surface area contributed by atoms with Gasteiger partial charge < -0.3 is 0 Å². The average Bonchev–Trinajstić information content (AvgIpc) is 2.74. The molecule has 2 heteroatoms. The van der Waals surface area contributed by atoms with E-state index < -0.39 is 14.1 Å². The van der Waals surface area contributed by atoms with Gasteiger partial charge in [0.15, 0.2) is 0 Å². The number of hydrogen-bond donors (Lipinski definition) is 0. The third-order valence-corrected chi connectivity index (χ3v) is 9.37.